The highest BCUT2D eigenvalue weighted by Gasteiger charge is 2.20. The molecule has 0 aliphatic rings. The number of aromatic nitrogens is 4. The Bertz CT molecular complexity index is 629. The lowest BCUT2D eigenvalue weighted by atomic mass is 9.96. The number of rotatable bonds is 3. The van der Waals surface area contributed by atoms with Gasteiger partial charge in [0.1, 0.15) is 5.82 Å². The van der Waals surface area contributed by atoms with Crippen molar-refractivity contribution in [1.29, 1.82) is 0 Å². The van der Waals surface area contributed by atoms with Gasteiger partial charge in [0.15, 0.2) is 11.0 Å². The van der Waals surface area contributed by atoms with E-state index < -0.39 is 0 Å². The van der Waals surface area contributed by atoms with Crippen molar-refractivity contribution in [2.75, 3.05) is 5.73 Å². The quantitative estimate of drug-likeness (QED) is 0.644. The Morgan fingerprint density at radius 1 is 1.42 bits per heavy atom. The fourth-order valence-corrected chi connectivity index (χ4v) is 1.99. The Morgan fingerprint density at radius 3 is 2.74 bits per heavy atom. The number of hydrogen-bond acceptors (Lipinski definition) is 7. The van der Waals surface area contributed by atoms with Gasteiger partial charge in [0.05, 0.1) is 5.75 Å². The Balaban J connectivity index is 2.06. The second kappa shape index (κ2) is 5.04. The first-order valence-corrected chi connectivity index (χ1v) is 6.66. The average molecular weight is 281 g/mol. The highest BCUT2D eigenvalue weighted by molar-refractivity contribution is 7.98. The number of nitrogen functional groups attached to an aromatic ring is 1. The van der Waals surface area contributed by atoms with Crippen LogP contribution in [0.4, 0.5) is 5.82 Å². The minimum Gasteiger partial charge on any atom is -0.383 e. The van der Waals surface area contributed by atoms with Crippen LogP contribution in [0.15, 0.2) is 20.5 Å². The van der Waals surface area contributed by atoms with E-state index in [9.17, 15) is 4.79 Å². The molecule has 0 aliphatic heterocycles. The summed E-state index contributed by atoms with van der Waals surface area (Å²) in [5, 5.41) is 4.35. The maximum atomic E-state index is 11.2. The van der Waals surface area contributed by atoms with Gasteiger partial charge >= 0.3 is 0 Å². The van der Waals surface area contributed by atoms with Crippen molar-refractivity contribution in [2.45, 2.75) is 37.1 Å². The van der Waals surface area contributed by atoms with Crippen LogP contribution in [0.2, 0.25) is 0 Å². The zero-order valence-electron chi connectivity index (χ0n) is 10.9. The van der Waals surface area contributed by atoms with E-state index in [4.69, 9.17) is 10.3 Å². The van der Waals surface area contributed by atoms with Crippen LogP contribution in [0, 0.1) is 0 Å². The van der Waals surface area contributed by atoms with E-state index >= 15 is 0 Å². The van der Waals surface area contributed by atoms with Crippen LogP contribution in [-0.2, 0) is 11.2 Å². The fourth-order valence-electron chi connectivity index (χ4n) is 1.27. The molecule has 0 atom stereocenters. The highest BCUT2D eigenvalue weighted by atomic mass is 32.2. The number of nitrogens with two attached hydrogens (primary N) is 1. The van der Waals surface area contributed by atoms with Crippen molar-refractivity contribution in [1.82, 2.24) is 20.1 Å². The number of hydrogen-bond donors (Lipinski definition) is 2. The maximum absolute atomic E-state index is 11.2. The van der Waals surface area contributed by atoms with Gasteiger partial charge in [0, 0.05) is 11.5 Å². The van der Waals surface area contributed by atoms with Crippen molar-refractivity contribution in [2.24, 2.45) is 0 Å². The number of anilines is 1. The van der Waals surface area contributed by atoms with E-state index in [0.717, 1.165) is 0 Å². The Labute approximate surface area is 114 Å². The SMILES string of the molecule is CC(C)(C)c1noc(CSc2nc(N)cc(=O)[nH]2)n1. The number of aromatic amines is 1. The van der Waals surface area contributed by atoms with Gasteiger partial charge in [0.25, 0.3) is 5.56 Å². The molecule has 0 aromatic carbocycles. The van der Waals surface area contributed by atoms with E-state index in [2.05, 4.69) is 20.1 Å². The molecule has 0 bridgehead atoms. The second-order valence-electron chi connectivity index (χ2n) is 5.03. The molecule has 2 aromatic heterocycles. The maximum Gasteiger partial charge on any atom is 0.253 e. The Hall–Kier alpha value is -1.83. The van der Waals surface area contributed by atoms with Crippen molar-refractivity contribution in [3.63, 3.8) is 0 Å². The van der Waals surface area contributed by atoms with Crippen LogP contribution in [0.3, 0.4) is 0 Å². The number of nitrogens with one attached hydrogen (secondary N) is 1. The predicted octanol–water partition coefficient (Wildman–Crippen LogP) is 1.32. The van der Waals surface area contributed by atoms with E-state index in [1.54, 1.807) is 0 Å². The zero-order chi connectivity index (χ0) is 14.0. The van der Waals surface area contributed by atoms with Crippen molar-refractivity contribution in [3.8, 4) is 0 Å². The fraction of sp³-hybridized carbons (Fsp3) is 0.455. The smallest absolute Gasteiger partial charge is 0.253 e. The molecule has 0 saturated heterocycles. The lowest BCUT2D eigenvalue weighted by Gasteiger charge is -2.10. The molecule has 0 spiro atoms. The van der Waals surface area contributed by atoms with Crippen molar-refractivity contribution in [3.05, 3.63) is 28.1 Å². The van der Waals surface area contributed by atoms with Crippen molar-refractivity contribution < 1.29 is 4.52 Å². The Kier molecular flexibility index (Phi) is 3.61. The number of H-pyrrole nitrogens is 1. The topological polar surface area (TPSA) is 111 Å². The first-order valence-electron chi connectivity index (χ1n) is 5.67. The minimum atomic E-state index is -0.282. The van der Waals surface area contributed by atoms with Crippen molar-refractivity contribution >= 4 is 17.6 Å². The summed E-state index contributed by atoms with van der Waals surface area (Å²) in [5.41, 5.74) is 5.06. The number of nitrogens with zero attached hydrogens (tertiary/aromatic N) is 3. The van der Waals surface area contributed by atoms with Gasteiger partial charge in [-0.05, 0) is 0 Å². The normalized spacial score (nSPS) is 11.7. The third kappa shape index (κ3) is 3.57. The van der Waals surface area contributed by atoms with Gasteiger partial charge in [0.2, 0.25) is 5.89 Å². The van der Waals surface area contributed by atoms with E-state index in [-0.39, 0.29) is 16.8 Å². The van der Waals surface area contributed by atoms with Gasteiger partial charge in [-0.1, -0.05) is 37.7 Å². The highest BCUT2D eigenvalue weighted by Crippen LogP contribution is 2.22. The summed E-state index contributed by atoms with van der Waals surface area (Å²) in [5.74, 6) is 1.75. The van der Waals surface area contributed by atoms with Gasteiger partial charge in [-0.15, -0.1) is 0 Å². The van der Waals surface area contributed by atoms with Gasteiger partial charge in [-0.25, -0.2) is 4.98 Å². The molecule has 3 N–H and O–H groups in total. The predicted molar refractivity (Wildman–Crippen MR) is 71.8 cm³/mol. The molecule has 0 fully saturated rings. The molecule has 0 amide bonds. The molecular weight excluding hydrogens is 266 g/mol. The first kappa shape index (κ1) is 13.6. The van der Waals surface area contributed by atoms with E-state index in [1.807, 2.05) is 20.8 Å². The summed E-state index contributed by atoms with van der Waals surface area (Å²) in [4.78, 5) is 22.1. The molecule has 0 radical (unpaired) electrons. The Morgan fingerprint density at radius 2 is 2.16 bits per heavy atom. The summed E-state index contributed by atoms with van der Waals surface area (Å²) < 4.78 is 5.14. The molecule has 2 rings (SSSR count). The summed E-state index contributed by atoms with van der Waals surface area (Å²) in [7, 11) is 0. The van der Waals surface area contributed by atoms with Crippen LogP contribution in [-0.4, -0.2) is 20.1 Å². The molecular formula is C11H15N5O2S. The average Bonchev–Trinajstić information content (AvgIpc) is 2.73. The van der Waals surface area contributed by atoms with Gasteiger partial charge < -0.3 is 15.2 Å². The third-order valence-electron chi connectivity index (χ3n) is 2.21. The summed E-state index contributed by atoms with van der Waals surface area (Å²) in [6, 6.07) is 1.23. The third-order valence-corrected chi connectivity index (χ3v) is 3.07. The van der Waals surface area contributed by atoms with Crippen LogP contribution < -0.4 is 11.3 Å². The summed E-state index contributed by atoms with van der Waals surface area (Å²) in [6.45, 7) is 6.02. The largest absolute Gasteiger partial charge is 0.383 e. The lowest BCUT2D eigenvalue weighted by molar-refractivity contribution is 0.372. The van der Waals surface area contributed by atoms with Crippen LogP contribution in [0.5, 0.6) is 0 Å². The van der Waals surface area contributed by atoms with E-state index in [0.29, 0.717) is 22.6 Å². The number of thioether (sulfide) groups is 1. The molecule has 2 heterocycles. The van der Waals surface area contributed by atoms with Crippen LogP contribution in [0.25, 0.3) is 0 Å². The standard InChI is InChI=1S/C11H15N5O2S/c1-11(2,3)9-15-8(18-16-9)5-19-10-13-6(12)4-7(17)14-10/h4H,5H2,1-3H3,(H3,12,13,14,17). The molecule has 102 valence electrons. The molecule has 8 heteroatoms. The molecule has 19 heavy (non-hydrogen) atoms. The van der Waals surface area contributed by atoms with Crippen LogP contribution >= 0.6 is 11.8 Å². The molecule has 7 nitrogen and oxygen atoms in total. The minimum absolute atomic E-state index is 0.157. The molecule has 0 saturated carbocycles. The van der Waals surface area contributed by atoms with Gasteiger partial charge in [-0.2, -0.15) is 4.98 Å². The first-order chi connectivity index (χ1) is 8.84. The summed E-state index contributed by atoms with van der Waals surface area (Å²) in [6.07, 6.45) is 0. The second-order valence-corrected chi connectivity index (χ2v) is 5.99. The lowest BCUT2D eigenvalue weighted by Crippen LogP contribution is -2.13. The molecule has 0 unspecified atom stereocenters. The van der Waals surface area contributed by atoms with Crippen LogP contribution in [0.1, 0.15) is 32.5 Å². The summed E-state index contributed by atoms with van der Waals surface area (Å²) >= 11 is 1.28. The zero-order valence-corrected chi connectivity index (χ0v) is 11.7. The molecule has 2 aromatic rings. The van der Waals surface area contributed by atoms with Gasteiger partial charge in [-0.3, -0.25) is 4.79 Å². The molecule has 0 aliphatic carbocycles. The van der Waals surface area contributed by atoms with E-state index in [1.165, 1.54) is 17.8 Å². The monoisotopic (exact) mass is 281 g/mol.